The molecule has 1 aliphatic heterocycles. The molecule has 1 amide bonds. The van der Waals surface area contributed by atoms with Crippen LogP contribution >= 0.6 is 0 Å². The Balaban J connectivity index is 1.37. The topological polar surface area (TPSA) is 80.2 Å². The largest absolute Gasteiger partial charge is 0.496 e. The lowest BCUT2D eigenvalue weighted by molar-refractivity contribution is -0.121. The van der Waals surface area contributed by atoms with E-state index in [4.69, 9.17) is 9.72 Å². The zero-order valence-electron chi connectivity index (χ0n) is 19.5. The summed E-state index contributed by atoms with van der Waals surface area (Å²) in [4.78, 5) is 28.5. The third kappa shape index (κ3) is 5.48. The fourth-order valence-electron chi connectivity index (χ4n) is 4.26. The molecule has 33 heavy (non-hydrogen) atoms. The van der Waals surface area contributed by atoms with E-state index in [1.165, 1.54) is 0 Å². The lowest BCUT2D eigenvalue weighted by Crippen LogP contribution is -2.45. The van der Waals surface area contributed by atoms with Crippen LogP contribution in [0.2, 0.25) is 0 Å². The molecule has 0 bridgehead atoms. The molecule has 0 aliphatic carbocycles. The minimum Gasteiger partial charge on any atom is -0.496 e. The summed E-state index contributed by atoms with van der Waals surface area (Å²) in [6, 6.07) is 11.8. The first-order chi connectivity index (χ1) is 16.0. The maximum atomic E-state index is 12.6. The summed E-state index contributed by atoms with van der Waals surface area (Å²) in [7, 11) is 1.63. The number of hydrogen-bond donors (Lipinski definition) is 1. The van der Waals surface area contributed by atoms with Crippen molar-refractivity contribution in [1.82, 2.24) is 20.3 Å². The average Bonchev–Trinajstić information content (AvgIpc) is 2.85. The maximum absolute atomic E-state index is 12.6. The van der Waals surface area contributed by atoms with Gasteiger partial charge in [-0.05, 0) is 42.5 Å². The number of anilines is 1. The number of methoxy groups -OCH3 is 1. The van der Waals surface area contributed by atoms with Crippen molar-refractivity contribution in [1.29, 1.82) is 0 Å². The Morgan fingerprint density at radius 1 is 1.15 bits per heavy atom. The highest BCUT2D eigenvalue weighted by Gasteiger charge is 2.24. The second-order valence-corrected chi connectivity index (χ2v) is 8.68. The van der Waals surface area contributed by atoms with E-state index in [1.807, 2.05) is 42.6 Å². The SMILES string of the molecule is COc1ccccc1CC(=O)NC1CCN(c2ncc(-c3ccncc3)c(C(C)C)n2)CC1. The standard InChI is InChI=1S/C26H31N5O2/c1-18(2)25-22(19-8-12-27-13-9-19)17-28-26(30-25)31-14-10-21(11-15-31)29-24(32)16-20-6-4-5-7-23(20)33-3/h4-9,12-13,17-18,21H,10-11,14-16H2,1-3H3,(H,29,32). The number of benzene rings is 1. The molecule has 0 radical (unpaired) electrons. The Hall–Kier alpha value is -3.48. The van der Waals surface area contributed by atoms with E-state index in [-0.39, 0.29) is 17.9 Å². The van der Waals surface area contributed by atoms with E-state index in [0.29, 0.717) is 6.42 Å². The van der Waals surface area contributed by atoms with Crippen molar-refractivity contribution in [3.63, 3.8) is 0 Å². The number of nitrogens with zero attached hydrogens (tertiary/aromatic N) is 4. The molecule has 7 nitrogen and oxygen atoms in total. The van der Waals surface area contributed by atoms with E-state index >= 15 is 0 Å². The normalized spacial score (nSPS) is 14.4. The Kier molecular flexibility index (Phi) is 7.17. The number of para-hydroxylation sites is 1. The smallest absolute Gasteiger partial charge is 0.225 e. The molecule has 7 heteroatoms. The number of nitrogens with one attached hydrogen (secondary N) is 1. The zero-order valence-corrected chi connectivity index (χ0v) is 19.5. The Labute approximate surface area is 195 Å². The zero-order chi connectivity index (χ0) is 23.2. The minimum atomic E-state index is 0.0259. The van der Waals surface area contributed by atoms with Crippen LogP contribution in [0.4, 0.5) is 5.95 Å². The van der Waals surface area contributed by atoms with Gasteiger partial charge in [-0.2, -0.15) is 0 Å². The van der Waals surface area contributed by atoms with Gasteiger partial charge in [0.25, 0.3) is 0 Å². The number of amides is 1. The van der Waals surface area contributed by atoms with Crippen LogP contribution in [0.1, 0.15) is 43.9 Å². The molecule has 1 aliphatic rings. The van der Waals surface area contributed by atoms with Gasteiger partial charge >= 0.3 is 0 Å². The van der Waals surface area contributed by atoms with Crippen molar-refractivity contribution in [2.75, 3.05) is 25.1 Å². The molecular formula is C26H31N5O2. The summed E-state index contributed by atoms with van der Waals surface area (Å²) in [5, 5.41) is 3.18. The van der Waals surface area contributed by atoms with E-state index in [1.54, 1.807) is 19.5 Å². The van der Waals surface area contributed by atoms with Crippen LogP contribution in [-0.2, 0) is 11.2 Å². The predicted molar refractivity (Wildman–Crippen MR) is 129 cm³/mol. The van der Waals surface area contributed by atoms with Gasteiger partial charge in [0.2, 0.25) is 11.9 Å². The Bertz CT molecular complexity index is 1080. The fraction of sp³-hybridized carbons (Fsp3) is 0.385. The van der Waals surface area contributed by atoms with Gasteiger partial charge in [-0.15, -0.1) is 0 Å². The van der Waals surface area contributed by atoms with Gasteiger partial charge in [0.05, 0.1) is 19.2 Å². The lowest BCUT2D eigenvalue weighted by atomic mass is 10.00. The molecule has 0 unspecified atom stereocenters. The number of ether oxygens (including phenoxy) is 1. The second kappa shape index (κ2) is 10.4. The molecule has 1 aromatic carbocycles. The van der Waals surface area contributed by atoms with Crippen molar-refractivity contribution >= 4 is 11.9 Å². The first kappa shape index (κ1) is 22.7. The molecule has 3 heterocycles. The van der Waals surface area contributed by atoms with Crippen molar-refractivity contribution in [3.8, 4) is 16.9 Å². The van der Waals surface area contributed by atoms with E-state index in [2.05, 4.69) is 34.0 Å². The van der Waals surface area contributed by atoms with Gasteiger partial charge in [0, 0.05) is 48.8 Å². The summed E-state index contributed by atoms with van der Waals surface area (Å²) >= 11 is 0. The number of piperidine rings is 1. The summed E-state index contributed by atoms with van der Waals surface area (Å²) in [6.07, 6.45) is 7.56. The molecule has 0 spiro atoms. The number of hydrogen-bond acceptors (Lipinski definition) is 6. The van der Waals surface area contributed by atoms with Crippen LogP contribution in [0, 0.1) is 0 Å². The molecule has 0 saturated carbocycles. The van der Waals surface area contributed by atoms with E-state index < -0.39 is 0 Å². The van der Waals surface area contributed by atoms with Crippen molar-refractivity contribution < 1.29 is 9.53 Å². The number of aromatic nitrogens is 3. The maximum Gasteiger partial charge on any atom is 0.225 e. The molecule has 1 saturated heterocycles. The molecule has 0 atom stereocenters. The van der Waals surface area contributed by atoms with Crippen LogP contribution in [0.3, 0.4) is 0 Å². The Morgan fingerprint density at radius 3 is 2.58 bits per heavy atom. The average molecular weight is 446 g/mol. The fourth-order valence-corrected chi connectivity index (χ4v) is 4.26. The van der Waals surface area contributed by atoms with Crippen molar-refractivity contribution in [2.45, 2.75) is 45.1 Å². The number of rotatable bonds is 7. The van der Waals surface area contributed by atoms with Gasteiger partial charge in [0.1, 0.15) is 5.75 Å². The summed E-state index contributed by atoms with van der Waals surface area (Å²) in [5.41, 5.74) is 4.07. The highest BCUT2D eigenvalue weighted by molar-refractivity contribution is 5.79. The first-order valence-electron chi connectivity index (χ1n) is 11.5. The third-order valence-electron chi connectivity index (χ3n) is 6.03. The van der Waals surface area contributed by atoms with Crippen molar-refractivity contribution in [2.24, 2.45) is 0 Å². The summed E-state index contributed by atoms with van der Waals surface area (Å²) in [6.45, 7) is 5.93. The van der Waals surface area contributed by atoms with Crippen molar-refractivity contribution in [3.05, 3.63) is 66.2 Å². The molecule has 172 valence electrons. The van der Waals surface area contributed by atoms with E-state index in [9.17, 15) is 4.79 Å². The van der Waals surface area contributed by atoms with Gasteiger partial charge in [-0.25, -0.2) is 9.97 Å². The van der Waals surface area contributed by atoms with Crippen LogP contribution in [0.25, 0.3) is 11.1 Å². The second-order valence-electron chi connectivity index (χ2n) is 8.68. The first-order valence-corrected chi connectivity index (χ1v) is 11.5. The highest BCUT2D eigenvalue weighted by atomic mass is 16.5. The summed E-state index contributed by atoms with van der Waals surface area (Å²) in [5.74, 6) is 1.81. The van der Waals surface area contributed by atoms with Gasteiger partial charge < -0.3 is 15.0 Å². The van der Waals surface area contributed by atoms with Crippen LogP contribution < -0.4 is 15.0 Å². The molecule has 2 aromatic heterocycles. The van der Waals surface area contributed by atoms with Crippen LogP contribution in [0.5, 0.6) is 5.75 Å². The quantitative estimate of drug-likeness (QED) is 0.592. The number of carbonyl (C=O) groups is 1. The summed E-state index contributed by atoms with van der Waals surface area (Å²) < 4.78 is 5.36. The molecule has 1 N–H and O–H groups in total. The minimum absolute atomic E-state index is 0.0259. The molecular weight excluding hydrogens is 414 g/mol. The predicted octanol–water partition coefficient (Wildman–Crippen LogP) is 4.00. The van der Waals surface area contributed by atoms with Gasteiger partial charge in [-0.1, -0.05) is 32.0 Å². The Morgan fingerprint density at radius 2 is 1.88 bits per heavy atom. The van der Waals surface area contributed by atoms with Gasteiger partial charge in [-0.3, -0.25) is 9.78 Å². The number of carbonyl (C=O) groups excluding carboxylic acids is 1. The monoisotopic (exact) mass is 445 g/mol. The lowest BCUT2D eigenvalue weighted by Gasteiger charge is -2.33. The number of pyridine rings is 1. The van der Waals surface area contributed by atoms with Crippen LogP contribution in [-0.4, -0.2) is 47.1 Å². The molecule has 4 rings (SSSR count). The van der Waals surface area contributed by atoms with Gasteiger partial charge in [0.15, 0.2) is 0 Å². The van der Waals surface area contributed by atoms with E-state index in [0.717, 1.165) is 60.0 Å². The highest BCUT2D eigenvalue weighted by Crippen LogP contribution is 2.29. The van der Waals surface area contributed by atoms with Crippen LogP contribution in [0.15, 0.2) is 55.0 Å². The molecule has 3 aromatic rings. The third-order valence-corrected chi connectivity index (χ3v) is 6.03. The molecule has 1 fully saturated rings.